The molecule has 0 aliphatic carbocycles. The van der Waals surface area contributed by atoms with Gasteiger partial charge in [0, 0.05) is 11.3 Å². The molecule has 2 rings (SSSR count). The van der Waals surface area contributed by atoms with Gasteiger partial charge in [-0.05, 0) is 55.3 Å². The van der Waals surface area contributed by atoms with Crippen molar-refractivity contribution in [2.24, 2.45) is 0 Å². The van der Waals surface area contributed by atoms with Crippen LogP contribution < -0.4 is 10.1 Å². The second-order valence-corrected chi connectivity index (χ2v) is 4.83. The lowest BCUT2D eigenvalue weighted by atomic mass is 10.1. The number of carbonyl (C=O) groups excluding carboxylic acids is 1. The molecule has 0 saturated heterocycles. The summed E-state index contributed by atoms with van der Waals surface area (Å²) in [6, 6.07) is 12.1. The highest BCUT2D eigenvalue weighted by Gasteiger charge is 2.08. The van der Waals surface area contributed by atoms with Crippen LogP contribution in [0.1, 0.15) is 29.3 Å². The van der Waals surface area contributed by atoms with Crippen LogP contribution >= 0.6 is 0 Å². The molecule has 0 aromatic heterocycles. The molecule has 0 spiro atoms. The average Bonchev–Trinajstić information content (AvgIpc) is 2.49. The van der Waals surface area contributed by atoms with Crippen molar-refractivity contribution in [2.45, 2.75) is 20.3 Å². The van der Waals surface area contributed by atoms with Gasteiger partial charge in [-0.15, -0.1) is 0 Å². The third kappa shape index (κ3) is 3.99. The largest absolute Gasteiger partial charge is 0.508 e. The first-order chi connectivity index (χ1) is 10.1. The quantitative estimate of drug-likeness (QED) is 0.879. The molecule has 21 heavy (non-hydrogen) atoms. The number of phenolic OH excluding ortho intramolecular Hbond substituents is 1. The summed E-state index contributed by atoms with van der Waals surface area (Å²) in [5, 5.41) is 12.4. The van der Waals surface area contributed by atoms with E-state index in [4.69, 9.17) is 4.74 Å². The number of ether oxygens (including phenoxy) is 1. The van der Waals surface area contributed by atoms with E-state index < -0.39 is 0 Å². The summed E-state index contributed by atoms with van der Waals surface area (Å²) in [5.74, 6) is 0.640. The lowest BCUT2D eigenvalue weighted by Gasteiger charge is -2.08. The van der Waals surface area contributed by atoms with Crippen molar-refractivity contribution >= 4 is 11.6 Å². The molecular formula is C17H19NO3. The van der Waals surface area contributed by atoms with E-state index in [-0.39, 0.29) is 11.7 Å². The lowest BCUT2D eigenvalue weighted by Crippen LogP contribution is -2.11. The van der Waals surface area contributed by atoms with Gasteiger partial charge < -0.3 is 15.2 Å². The molecule has 0 aliphatic heterocycles. The zero-order valence-electron chi connectivity index (χ0n) is 12.2. The highest BCUT2D eigenvalue weighted by Crippen LogP contribution is 2.20. The van der Waals surface area contributed by atoms with E-state index in [9.17, 15) is 9.90 Å². The summed E-state index contributed by atoms with van der Waals surface area (Å²) in [6.07, 6.45) is 0.954. The van der Waals surface area contributed by atoms with Crippen molar-refractivity contribution in [1.29, 1.82) is 0 Å². The van der Waals surface area contributed by atoms with Gasteiger partial charge in [-0.1, -0.05) is 13.0 Å². The number of phenols is 1. The summed E-state index contributed by atoms with van der Waals surface area (Å²) in [7, 11) is 0. The van der Waals surface area contributed by atoms with E-state index in [0.29, 0.717) is 17.9 Å². The molecule has 0 saturated carbocycles. The van der Waals surface area contributed by atoms with Crippen molar-refractivity contribution in [3.8, 4) is 11.5 Å². The summed E-state index contributed by atoms with van der Waals surface area (Å²) < 4.78 is 5.48. The highest BCUT2D eigenvalue weighted by atomic mass is 16.5. The normalized spacial score (nSPS) is 10.2. The van der Waals surface area contributed by atoms with E-state index in [1.54, 1.807) is 31.2 Å². The average molecular weight is 285 g/mol. The maximum Gasteiger partial charge on any atom is 0.255 e. The van der Waals surface area contributed by atoms with Gasteiger partial charge in [0.1, 0.15) is 11.5 Å². The molecule has 0 bridgehead atoms. The number of nitrogens with one attached hydrogen (secondary N) is 1. The Balaban J connectivity index is 2.03. The Morgan fingerprint density at radius 1 is 1.19 bits per heavy atom. The van der Waals surface area contributed by atoms with Crippen molar-refractivity contribution in [1.82, 2.24) is 0 Å². The molecule has 4 heteroatoms. The first-order valence-corrected chi connectivity index (χ1v) is 6.94. The number of amides is 1. The van der Waals surface area contributed by atoms with Gasteiger partial charge in [-0.25, -0.2) is 0 Å². The number of rotatable bonds is 5. The maximum absolute atomic E-state index is 12.1. The number of aryl methyl sites for hydroxylation is 1. The smallest absolute Gasteiger partial charge is 0.255 e. The van der Waals surface area contributed by atoms with Crippen LogP contribution in [-0.2, 0) is 0 Å². The van der Waals surface area contributed by atoms with Crippen LogP contribution in [0, 0.1) is 6.92 Å². The topological polar surface area (TPSA) is 58.6 Å². The molecule has 110 valence electrons. The van der Waals surface area contributed by atoms with Gasteiger partial charge in [-0.2, -0.15) is 0 Å². The van der Waals surface area contributed by atoms with E-state index >= 15 is 0 Å². The lowest BCUT2D eigenvalue weighted by molar-refractivity contribution is 0.102. The Hall–Kier alpha value is -2.49. The molecule has 2 aromatic carbocycles. The van der Waals surface area contributed by atoms with E-state index in [0.717, 1.165) is 17.7 Å². The van der Waals surface area contributed by atoms with E-state index in [1.807, 2.05) is 19.1 Å². The zero-order chi connectivity index (χ0) is 15.2. The molecule has 0 unspecified atom stereocenters. The number of hydrogen-bond donors (Lipinski definition) is 2. The van der Waals surface area contributed by atoms with E-state index in [2.05, 4.69) is 5.32 Å². The molecule has 1 amide bonds. The van der Waals surface area contributed by atoms with Crippen LogP contribution in [0.5, 0.6) is 11.5 Å². The Labute approximate surface area is 124 Å². The summed E-state index contributed by atoms with van der Waals surface area (Å²) in [6.45, 7) is 4.51. The molecule has 2 N–H and O–H groups in total. The Morgan fingerprint density at radius 3 is 2.52 bits per heavy atom. The number of anilines is 1. The van der Waals surface area contributed by atoms with Gasteiger partial charge in [0.2, 0.25) is 0 Å². The Bertz CT molecular complexity index is 620. The zero-order valence-corrected chi connectivity index (χ0v) is 12.2. The van der Waals surface area contributed by atoms with Gasteiger partial charge >= 0.3 is 0 Å². The number of benzene rings is 2. The second kappa shape index (κ2) is 6.79. The first-order valence-electron chi connectivity index (χ1n) is 6.94. The monoisotopic (exact) mass is 285 g/mol. The molecule has 0 radical (unpaired) electrons. The van der Waals surface area contributed by atoms with Gasteiger partial charge in [0.05, 0.1) is 6.61 Å². The van der Waals surface area contributed by atoms with Gasteiger partial charge in [0.15, 0.2) is 0 Å². The molecule has 0 fully saturated rings. The third-order valence-electron chi connectivity index (χ3n) is 3.06. The van der Waals surface area contributed by atoms with Crippen molar-refractivity contribution in [2.75, 3.05) is 11.9 Å². The second-order valence-electron chi connectivity index (χ2n) is 4.83. The fraction of sp³-hybridized carbons (Fsp3) is 0.235. The third-order valence-corrected chi connectivity index (χ3v) is 3.06. The minimum atomic E-state index is -0.257. The fourth-order valence-corrected chi connectivity index (χ4v) is 1.81. The number of carbonyl (C=O) groups is 1. The first kappa shape index (κ1) is 14.9. The molecule has 2 aromatic rings. The predicted molar refractivity (Wildman–Crippen MR) is 83.0 cm³/mol. The van der Waals surface area contributed by atoms with Crippen LogP contribution in [-0.4, -0.2) is 17.6 Å². The van der Waals surface area contributed by atoms with Crippen LogP contribution in [0.3, 0.4) is 0 Å². The van der Waals surface area contributed by atoms with E-state index in [1.165, 1.54) is 6.07 Å². The molecule has 4 nitrogen and oxygen atoms in total. The van der Waals surface area contributed by atoms with Crippen LogP contribution in [0.25, 0.3) is 0 Å². The van der Waals surface area contributed by atoms with Crippen LogP contribution in [0.15, 0.2) is 42.5 Å². The van der Waals surface area contributed by atoms with Crippen LogP contribution in [0.4, 0.5) is 5.69 Å². The molecule has 0 heterocycles. The Kier molecular flexibility index (Phi) is 4.82. The van der Waals surface area contributed by atoms with Gasteiger partial charge in [-0.3, -0.25) is 4.79 Å². The Morgan fingerprint density at radius 2 is 1.90 bits per heavy atom. The number of aromatic hydroxyl groups is 1. The van der Waals surface area contributed by atoms with Crippen molar-refractivity contribution in [3.63, 3.8) is 0 Å². The van der Waals surface area contributed by atoms with Crippen molar-refractivity contribution < 1.29 is 14.6 Å². The van der Waals surface area contributed by atoms with Gasteiger partial charge in [0.25, 0.3) is 5.91 Å². The SMILES string of the molecule is CCCOc1ccc(NC(=O)c2ccc(C)c(O)c2)cc1. The minimum absolute atomic E-state index is 0.117. The summed E-state index contributed by atoms with van der Waals surface area (Å²) >= 11 is 0. The van der Waals surface area contributed by atoms with Crippen LogP contribution in [0.2, 0.25) is 0 Å². The number of hydrogen-bond acceptors (Lipinski definition) is 3. The maximum atomic E-state index is 12.1. The summed E-state index contributed by atoms with van der Waals surface area (Å²) in [4.78, 5) is 12.1. The van der Waals surface area contributed by atoms with Crippen molar-refractivity contribution in [3.05, 3.63) is 53.6 Å². The highest BCUT2D eigenvalue weighted by molar-refractivity contribution is 6.04. The summed E-state index contributed by atoms with van der Waals surface area (Å²) in [5.41, 5.74) is 1.84. The minimum Gasteiger partial charge on any atom is -0.508 e. The molecular weight excluding hydrogens is 266 g/mol. The predicted octanol–water partition coefficient (Wildman–Crippen LogP) is 3.74. The fourth-order valence-electron chi connectivity index (χ4n) is 1.81. The molecule has 0 atom stereocenters. The molecule has 0 aliphatic rings. The standard InChI is InChI=1S/C17H19NO3/c1-3-10-21-15-8-6-14(7-9-15)18-17(20)13-5-4-12(2)16(19)11-13/h4-9,11,19H,3,10H2,1-2H3,(H,18,20).